The summed E-state index contributed by atoms with van der Waals surface area (Å²) in [7, 11) is 1.60. The summed E-state index contributed by atoms with van der Waals surface area (Å²) in [5, 5.41) is 3.15. The van der Waals surface area contributed by atoms with Crippen molar-refractivity contribution in [1.29, 1.82) is 0 Å². The van der Waals surface area contributed by atoms with Gasteiger partial charge in [-0.25, -0.2) is 0 Å². The van der Waals surface area contributed by atoms with Gasteiger partial charge in [-0.2, -0.15) is 0 Å². The Morgan fingerprint density at radius 2 is 1.75 bits per heavy atom. The molecule has 0 saturated heterocycles. The molecule has 0 bridgehead atoms. The fraction of sp³-hybridized carbons (Fsp3) is 0.462. The minimum absolute atomic E-state index is 0.109. The Labute approximate surface area is 190 Å². The maximum absolute atomic E-state index is 13.2. The van der Waals surface area contributed by atoms with Crippen LogP contribution in [0.4, 0.5) is 0 Å². The second kappa shape index (κ2) is 11.6. The van der Waals surface area contributed by atoms with Crippen molar-refractivity contribution in [3.63, 3.8) is 0 Å². The van der Waals surface area contributed by atoms with Crippen LogP contribution in [-0.2, 0) is 16.1 Å². The van der Waals surface area contributed by atoms with Crippen molar-refractivity contribution in [3.05, 3.63) is 59.7 Å². The molecule has 0 radical (unpaired) electrons. The van der Waals surface area contributed by atoms with Gasteiger partial charge in [-0.1, -0.05) is 49.1 Å². The van der Waals surface area contributed by atoms with Gasteiger partial charge in [-0.15, -0.1) is 0 Å². The van der Waals surface area contributed by atoms with E-state index in [-0.39, 0.29) is 24.5 Å². The standard InChI is InChI=1S/C26H34N2O4/c1-19-8-7-9-21(16-19)17-28(20(2)26(30)27-22-10-5-4-6-11-22)25(29)18-32-24-14-12-23(31-3)13-15-24/h7-9,12-16,20,22H,4-6,10-11,17-18H2,1-3H3,(H,27,30)/t20-/m1/s1. The maximum Gasteiger partial charge on any atom is 0.261 e. The maximum atomic E-state index is 13.2. The van der Waals surface area contributed by atoms with E-state index in [0.717, 1.165) is 42.6 Å². The Morgan fingerprint density at radius 1 is 1.06 bits per heavy atom. The number of nitrogens with zero attached hydrogens (tertiary/aromatic N) is 1. The van der Waals surface area contributed by atoms with Crippen LogP contribution in [0.15, 0.2) is 48.5 Å². The molecule has 0 heterocycles. The topological polar surface area (TPSA) is 67.9 Å². The van der Waals surface area contributed by atoms with Gasteiger partial charge < -0.3 is 19.7 Å². The lowest BCUT2D eigenvalue weighted by molar-refractivity contribution is -0.142. The van der Waals surface area contributed by atoms with Gasteiger partial charge in [-0.3, -0.25) is 9.59 Å². The molecule has 2 aromatic rings. The predicted molar refractivity (Wildman–Crippen MR) is 125 cm³/mol. The number of amides is 2. The molecule has 1 aliphatic rings. The van der Waals surface area contributed by atoms with E-state index in [1.54, 1.807) is 43.2 Å². The first-order valence-corrected chi connectivity index (χ1v) is 11.4. The molecule has 3 rings (SSSR count). The third kappa shape index (κ3) is 6.74. The van der Waals surface area contributed by atoms with Gasteiger partial charge in [0.15, 0.2) is 6.61 Å². The largest absolute Gasteiger partial charge is 0.497 e. The summed E-state index contributed by atoms with van der Waals surface area (Å²) in [6.45, 7) is 4.02. The van der Waals surface area contributed by atoms with Crippen molar-refractivity contribution in [2.75, 3.05) is 13.7 Å². The number of ether oxygens (including phenoxy) is 2. The van der Waals surface area contributed by atoms with Crippen LogP contribution < -0.4 is 14.8 Å². The number of carbonyl (C=O) groups excluding carboxylic acids is 2. The fourth-order valence-corrected chi connectivity index (χ4v) is 4.06. The molecule has 0 unspecified atom stereocenters. The third-order valence-corrected chi connectivity index (χ3v) is 5.98. The molecule has 1 fully saturated rings. The predicted octanol–water partition coefficient (Wildman–Crippen LogP) is 4.25. The zero-order chi connectivity index (χ0) is 22.9. The molecule has 1 saturated carbocycles. The minimum atomic E-state index is -0.593. The zero-order valence-corrected chi connectivity index (χ0v) is 19.3. The summed E-state index contributed by atoms with van der Waals surface area (Å²) in [6.07, 6.45) is 5.51. The van der Waals surface area contributed by atoms with Crippen molar-refractivity contribution in [2.45, 2.75) is 64.6 Å². The van der Waals surface area contributed by atoms with Crippen LogP contribution in [0.1, 0.15) is 50.2 Å². The Hall–Kier alpha value is -3.02. The van der Waals surface area contributed by atoms with Gasteiger partial charge in [0, 0.05) is 12.6 Å². The summed E-state index contributed by atoms with van der Waals surface area (Å²) >= 11 is 0. The molecule has 2 aromatic carbocycles. The number of rotatable bonds is 9. The highest BCUT2D eigenvalue weighted by atomic mass is 16.5. The van der Waals surface area contributed by atoms with E-state index in [1.165, 1.54) is 6.42 Å². The number of carbonyl (C=O) groups is 2. The Kier molecular flexibility index (Phi) is 8.54. The minimum Gasteiger partial charge on any atom is -0.497 e. The van der Waals surface area contributed by atoms with E-state index >= 15 is 0 Å². The summed E-state index contributed by atoms with van der Waals surface area (Å²) in [6, 6.07) is 14.7. The van der Waals surface area contributed by atoms with Gasteiger partial charge >= 0.3 is 0 Å². The molecule has 0 aliphatic heterocycles. The number of aryl methyl sites for hydroxylation is 1. The normalized spacial score (nSPS) is 15.0. The molecule has 32 heavy (non-hydrogen) atoms. The lowest BCUT2D eigenvalue weighted by Gasteiger charge is -2.31. The first-order valence-electron chi connectivity index (χ1n) is 11.4. The van der Waals surface area contributed by atoms with Gasteiger partial charge in [0.05, 0.1) is 7.11 Å². The molecule has 6 heteroatoms. The molecule has 172 valence electrons. The Morgan fingerprint density at radius 3 is 2.41 bits per heavy atom. The lowest BCUT2D eigenvalue weighted by atomic mass is 9.95. The lowest BCUT2D eigenvalue weighted by Crippen LogP contribution is -2.51. The molecule has 2 amide bonds. The van der Waals surface area contributed by atoms with E-state index in [0.29, 0.717) is 12.3 Å². The summed E-state index contributed by atoms with van der Waals surface area (Å²) < 4.78 is 10.9. The SMILES string of the molecule is COc1ccc(OCC(=O)N(Cc2cccc(C)c2)[C@H](C)C(=O)NC2CCCCC2)cc1. The smallest absolute Gasteiger partial charge is 0.261 e. The average molecular weight is 439 g/mol. The second-order valence-corrected chi connectivity index (χ2v) is 8.49. The van der Waals surface area contributed by atoms with Gasteiger partial charge in [0.2, 0.25) is 5.91 Å². The molecule has 1 atom stereocenters. The van der Waals surface area contributed by atoms with E-state index < -0.39 is 6.04 Å². The van der Waals surface area contributed by atoms with Crippen molar-refractivity contribution in [1.82, 2.24) is 10.2 Å². The van der Waals surface area contributed by atoms with E-state index in [4.69, 9.17) is 9.47 Å². The molecule has 0 spiro atoms. The number of benzene rings is 2. The molecule has 0 aromatic heterocycles. The molecule has 6 nitrogen and oxygen atoms in total. The van der Waals surface area contributed by atoms with Crippen LogP contribution in [0.5, 0.6) is 11.5 Å². The summed E-state index contributed by atoms with van der Waals surface area (Å²) in [5.74, 6) is 0.961. The monoisotopic (exact) mass is 438 g/mol. The highest BCUT2D eigenvalue weighted by Gasteiger charge is 2.28. The first-order chi connectivity index (χ1) is 15.5. The van der Waals surface area contributed by atoms with Crippen LogP contribution >= 0.6 is 0 Å². The molecular weight excluding hydrogens is 404 g/mol. The fourth-order valence-electron chi connectivity index (χ4n) is 4.06. The molecule has 1 N–H and O–H groups in total. The Balaban J connectivity index is 1.69. The van der Waals surface area contributed by atoms with E-state index in [2.05, 4.69) is 5.32 Å². The second-order valence-electron chi connectivity index (χ2n) is 8.49. The highest BCUT2D eigenvalue weighted by molar-refractivity contribution is 5.88. The first kappa shape index (κ1) is 23.6. The third-order valence-electron chi connectivity index (χ3n) is 5.98. The van der Waals surface area contributed by atoms with Gasteiger partial charge in [0.1, 0.15) is 17.5 Å². The van der Waals surface area contributed by atoms with Crippen molar-refractivity contribution < 1.29 is 19.1 Å². The average Bonchev–Trinajstić information content (AvgIpc) is 2.81. The van der Waals surface area contributed by atoms with Crippen molar-refractivity contribution in [3.8, 4) is 11.5 Å². The van der Waals surface area contributed by atoms with Crippen molar-refractivity contribution >= 4 is 11.8 Å². The molecular formula is C26H34N2O4. The van der Waals surface area contributed by atoms with Crippen LogP contribution in [0.2, 0.25) is 0 Å². The van der Waals surface area contributed by atoms with Crippen LogP contribution in [0.3, 0.4) is 0 Å². The number of nitrogens with one attached hydrogen (secondary N) is 1. The summed E-state index contributed by atoms with van der Waals surface area (Å²) in [4.78, 5) is 27.8. The van der Waals surface area contributed by atoms with Gasteiger partial charge in [-0.05, 0) is 56.5 Å². The number of hydrogen-bond donors (Lipinski definition) is 1. The van der Waals surface area contributed by atoms with Crippen molar-refractivity contribution in [2.24, 2.45) is 0 Å². The number of hydrogen-bond acceptors (Lipinski definition) is 4. The van der Waals surface area contributed by atoms with Crippen LogP contribution in [0, 0.1) is 6.92 Å². The van der Waals surface area contributed by atoms with E-state index in [9.17, 15) is 9.59 Å². The molecule has 1 aliphatic carbocycles. The summed E-state index contributed by atoms with van der Waals surface area (Å²) in [5.41, 5.74) is 2.10. The highest BCUT2D eigenvalue weighted by Crippen LogP contribution is 2.19. The van der Waals surface area contributed by atoms with E-state index in [1.807, 2.05) is 31.2 Å². The van der Waals surface area contributed by atoms with Crippen LogP contribution in [-0.4, -0.2) is 42.5 Å². The van der Waals surface area contributed by atoms with Gasteiger partial charge in [0.25, 0.3) is 5.91 Å². The Bertz CT molecular complexity index is 891. The quantitative estimate of drug-likeness (QED) is 0.636. The number of methoxy groups -OCH3 is 1. The zero-order valence-electron chi connectivity index (χ0n) is 19.3. The van der Waals surface area contributed by atoms with Crippen LogP contribution in [0.25, 0.3) is 0 Å².